The van der Waals surface area contributed by atoms with Gasteiger partial charge in [0.1, 0.15) is 5.00 Å². The highest BCUT2D eigenvalue weighted by Crippen LogP contribution is 2.39. The van der Waals surface area contributed by atoms with Crippen molar-refractivity contribution in [2.45, 2.75) is 51.4 Å². The number of esters is 1. The van der Waals surface area contributed by atoms with Crippen molar-refractivity contribution in [2.75, 3.05) is 12.4 Å². The van der Waals surface area contributed by atoms with Gasteiger partial charge in [-0.25, -0.2) is 4.79 Å². The number of aryl methyl sites for hydroxylation is 1. The minimum Gasteiger partial charge on any atom is -0.465 e. The Bertz CT molecular complexity index is 560. The Morgan fingerprint density at radius 2 is 1.86 bits per heavy atom. The highest BCUT2D eigenvalue weighted by Gasteiger charge is 2.32. The van der Waals surface area contributed by atoms with Crippen LogP contribution in [0.15, 0.2) is 0 Å². The monoisotopic (exact) mass is 307 g/mol. The van der Waals surface area contributed by atoms with Crippen LogP contribution in [0.4, 0.5) is 5.00 Å². The predicted molar refractivity (Wildman–Crippen MR) is 82.9 cm³/mol. The lowest BCUT2D eigenvalue weighted by Crippen LogP contribution is -2.15. The van der Waals surface area contributed by atoms with Crippen LogP contribution in [0.3, 0.4) is 0 Å². The van der Waals surface area contributed by atoms with E-state index in [-0.39, 0.29) is 17.8 Å². The van der Waals surface area contributed by atoms with Gasteiger partial charge >= 0.3 is 5.97 Å². The molecule has 0 saturated heterocycles. The number of rotatable bonds is 3. The highest BCUT2D eigenvalue weighted by atomic mass is 32.1. The normalized spacial score (nSPS) is 18.3. The van der Waals surface area contributed by atoms with Gasteiger partial charge in [0.25, 0.3) is 0 Å². The summed E-state index contributed by atoms with van der Waals surface area (Å²) in [6, 6.07) is 0. The molecule has 1 aromatic heterocycles. The molecule has 0 aromatic carbocycles. The van der Waals surface area contributed by atoms with Crippen LogP contribution in [0.5, 0.6) is 0 Å². The van der Waals surface area contributed by atoms with E-state index in [0.29, 0.717) is 10.6 Å². The third-order valence-corrected chi connectivity index (χ3v) is 5.45. The van der Waals surface area contributed by atoms with Gasteiger partial charge < -0.3 is 10.1 Å². The third kappa shape index (κ3) is 3.12. The molecule has 0 radical (unpaired) electrons. The van der Waals surface area contributed by atoms with Crippen LogP contribution in [0.25, 0.3) is 0 Å². The molecule has 1 saturated carbocycles. The molecule has 0 aliphatic heterocycles. The Balaban J connectivity index is 1.94. The second-order valence-electron chi connectivity index (χ2n) is 5.88. The van der Waals surface area contributed by atoms with Crippen molar-refractivity contribution in [3.05, 3.63) is 16.0 Å². The molecule has 0 bridgehead atoms. The maximum atomic E-state index is 12.2. The first-order chi connectivity index (χ1) is 10.2. The Labute approximate surface area is 128 Å². The number of carbonyl (C=O) groups excluding carboxylic acids is 2. The molecule has 3 rings (SSSR count). The SMILES string of the molecule is COC(=O)c1c(NC(=O)C2CC2)sc2c1CCCCCC2. The molecule has 1 heterocycles. The van der Waals surface area contributed by atoms with Crippen LogP contribution in [0, 0.1) is 5.92 Å². The summed E-state index contributed by atoms with van der Waals surface area (Å²) in [7, 11) is 1.40. The fourth-order valence-electron chi connectivity index (χ4n) is 2.88. The average Bonchev–Trinajstić information content (AvgIpc) is 3.24. The lowest BCUT2D eigenvalue weighted by molar-refractivity contribution is -0.117. The summed E-state index contributed by atoms with van der Waals surface area (Å²) in [4.78, 5) is 25.4. The zero-order valence-corrected chi connectivity index (χ0v) is 13.2. The van der Waals surface area contributed by atoms with E-state index >= 15 is 0 Å². The Kier molecular flexibility index (Phi) is 4.29. The molecule has 0 unspecified atom stereocenters. The van der Waals surface area contributed by atoms with Gasteiger partial charge in [0.15, 0.2) is 0 Å². The first kappa shape index (κ1) is 14.6. The molecule has 21 heavy (non-hydrogen) atoms. The largest absolute Gasteiger partial charge is 0.465 e. The molecule has 5 heteroatoms. The van der Waals surface area contributed by atoms with Crippen LogP contribution in [-0.4, -0.2) is 19.0 Å². The lowest BCUT2D eigenvalue weighted by Gasteiger charge is -2.10. The lowest BCUT2D eigenvalue weighted by atomic mass is 9.96. The smallest absolute Gasteiger partial charge is 0.341 e. The number of hydrogen-bond acceptors (Lipinski definition) is 4. The van der Waals surface area contributed by atoms with E-state index in [2.05, 4.69) is 5.32 Å². The van der Waals surface area contributed by atoms with Crippen molar-refractivity contribution in [1.29, 1.82) is 0 Å². The molecule has 1 aromatic rings. The summed E-state index contributed by atoms with van der Waals surface area (Å²) in [6.07, 6.45) is 8.55. The molecule has 1 amide bonds. The summed E-state index contributed by atoms with van der Waals surface area (Å²) < 4.78 is 4.95. The van der Waals surface area contributed by atoms with E-state index in [9.17, 15) is 9.59 Å². The van der Waals surface area contributed by atoms with Crippen LogP contribution in [0.1, 0.15) is 59.3 Å². The van der Waals surface area contributed by atoms with Gasteiger partial charge in [-0.2, -0.15) is 0 Å². The number of methoxy groups -OCH3 is 1. The van der Waals surface area contributed by atoms with Gasteiger partial charge in [-0.05, 0) is 44.1 Å². The van der Waals surface area contributed by atoms with Crippen molar-refractivity contribution in [1.82, 2.24) is 0 Å². The molecule has 114 valence electrons. The zero-order chi connectivity index (χ0) is 14.8. The summed E-state index contributed by atoms with van der Waals surface area (Å²) in [5.74, 6) is -0.131. The van der Waals surface area contributed by atoms with E-state index in [4.69, 9.17) is 4.74 Å². The topological polar surface area (TPSA) is 55.4 Å². The molecule has 0 spiro atoms. The van der Waals surface area contributed by atoms with Crippen molar-refractivity contribution in [3.8, 4) is 0 Å². The quantitative estimate of drug-likeness (QED) is 0.869. The van der Waals surface area contributed by atoms with Crippen LogP contribution >= 0.6 is 11.3 Å². The molecule has 2 aliphatic rings. The number of fused-ring (bicyclic) bond motifs is 1. The maximum Gasteiger partial charge on any atom is 0.341 e. The van der Waals surface area contributed by atoms with Gasteiger partial charge in [0.2, 0.25) is 5.91 Å². The molecule has 4 nitrogen and oxygen atoms in total. The van der Waals surface area contributed by atoms with Gasteiger partial charge in [-0.3, -0.25) is 4.79 Å². The number of nitrogens with one attached hydrogen (secondary N) is 1. The number of anilines is 1. The van der Waals surface area contributed by atoms with E-state index in [1.807, 2.05) is 0 Å². The number of amides is 1. The second-order valence-corrected chi connectivity index (χ2v) is 6.98. The predicted octanol–water partition coefficient (Wildman–Crippen LogP) is 3.54. The first-order valence-corrected chi connectivity index (χ1v) is 8.56. The number of carbonyl (C=O) groups is 2. The van der Waals surface area contributed by atoms with E-state index in [1.54, 1.807) is 11.3 Å². The fraction of sp³-hybridized carbons (Fsp3) is 0.625. The van der Waals surface area contributed by atoms with Crippen molar-refractivity contribution in [3.63, 3.8) is 0 Å². The van der Waals surface area contributed by atoms with Crippen molar-refractivity contribution >= 4 is 28.2 Å². The molecule has 1 N–H and O–H groups in total. The number of ether oxygens (including phenoxy) is 1. The summed E-state index contributed by atoms with van der Waals surface area (Å²) >= 11 is 1.57. The Morgan fingerprint density at radius 1 is 1.14 bits per heavy atom. The molecular weight excluding hydrogens is 286 g/mol. The summed E-state index contributed by atoms with van der Waals surface area (Å²) in [5.41, 5.74) is 1.71. The van der Waals surface area contributed by atoms with Gasteiger partial charge in [0, 0.05) is 10.8 Å². The molecular formula is C16H21NO3S. The minimum absolute atomic E-state index is 0.0503. The van der Waals surface area contributed by atoms with Crippen LogP contribution < -0.4 is 5.32 Å². The number of hydrogen-bond donors (Lipinski definition) is 1. The molecule has 0 atom stereocenters. The maximum absolute atomic E-state index is 12.2. The van der Waals surface area contributed by atoms with Crippen LogP contribution in [-0.2, 0) is 22.4 Å². The van der Waals surface area contributed by atoms with Gasteiger partial charge in [-0.1, -0.05) is 12.8 Å². The average molecular weight is 307 g/mol. The van der Waals surface area contributed by atoms with Crippen LogP contribution in [0.2, 0.25) is 0 Å². The third-order valence-electron chi connectivity index (χ3n) is 4.25. The number of thiophene rings is 1. The molecule has 2 aliphatic carbocycles. The highest BCUT2D eigenvalue weighted by molar-refractivity contribution is 7.17. The minimum atomic E-state index is -0.320. The van der Waals surface area contributed by atoms with Crippen molar-refractivity contribution < 1.29 is 14.3 Å². The fourth-order valence-corrected chi connectivity index (χ4v) is 4.17. The molecule has 1 fully saturated rings. The Hall–Kier alpha value is -1.36. The zero-order valence-electron chi connectivity index (χ0n) is 12.4. The second kappa shape index (κ2) is 6.18. The summed E-state index contributed by atoms with van der Waals surface area (Å²) in [5, 5.41) is 3.66. The van der Waals surface area contributed by atoms with Gasteiger partial charge in [-0.15, -0.1) is 11.3 Å². The van der Waals surface area contributed by atoms with E-state index in [0.717, 1.165) is 44.1 Å². The van der Waals surface area contributed by atoms with Crippen molar-refractivity contribution in [2.24, 2.45) is 5.92 Å². The van der Waals surface area contributed by atoms with E-state index < -0.39 is 0 Å². The summed E-state index contributed by atoms with van der Waals surface area (Å²) in [6.45, 7) is 0. The van der Waals surface area contributed by atoms with E-state index in [1.165, 1.54) is 24.8 Å². The first-order valence-electron chi connectivity index (χ1n) is 7.74. The Morgan fingerprint density at radius 3 is 2.52 bits per heavy atom. The standard InChI is InChI=1S/C16H21NO3S/c1-20-16(19)13-11-6-4-2-3-5-7-12(11)21-15(13)17-14(18)10-8-9-10/h10H,2-9H2,1H3,(H,17,18). The van der Waals surface area contributed by atoms with Gasteiger partial charge in [0.05, 0.1) is 12.7 Å².